The largest absolute Gasteiger partial charge is 0.389 e. The van der Waals surface area contributed by atoms with Gasteiger partial charge in [0, 0.05) is 44.9 Å². The number of nitrogens with zero attached hydrogens (tertiary/aromatic N) is 4. The standard InChI is InChI=1S/C31H33N5O4/c1-34-26(37)13-12-23(27(34)21-8-4-2-5-9-21)30(39)35-18-15-31(40,16-19-35)20-25-32-28-24(29(38)33-25)14-17-36(28)22-10-6-3-7-11-22/h2-11,14,17,23,27,40H,12-13,15-16,18-20H2,1H3,(H,32,33,38)/t23-,27+/m1/s1. The lowest BCUT2D eigenvalue weighted by molar-refractivity contribution is -0.149. The van der Waals surface area contributed by atoms with Crippen LogP contribution in [-0.4, -0.2) is 67.0 Å². The van der Waals surface area contributed by atoms with E-state index in [1.165, 1.54) is 0 Å². The molecule has 9 nitrogen and oxygen atoms in total. The van der Waals surface area contributed by atoms with Crippen LogP contribution in [0.1, 0.15) is 43.1 Å². The molecule has 40 heavy (non-hydrogen) atoms. The first kappa shape index (κ1) is 26.0. The van der Waals surface area contributed by atoms with Gasteiger partial charge in [-0.2, -0.15) is 0 Å². The fourth-order valence-corrected chi connectivity index (χ4v) is 6.22. The van der Waals surface area contributed by atoms with E-state index in [-0.39, 0.29) is 35.8 Å². The van der Waals surface area contributed by atoms with E-state index in [1.54, 1.807) is 18.0 Å². The van der Waals surface area contributed by atoms with Crippen LogP contribution >= 0.6 is 0 Å². The van der Waals surface area contributed by atoms with Gasteiger partial charge in [-0.05, 0) is 43.0 Å². The second-order valence-corrected chi connectivity index (χ2v) is 11.0. The van der Waals surface area contributed by atoms with Crippen molar-refractivity contribution < 1.29 is 14.7 Å². The van der Waals surface area contributed by atoms with E-state index in [9.17, 15) is 19.5 Å². The molecule has 2 aliphatic rings. The first-order chi connectivity index (χ1) is 19.3. The number of nitrogens with one attached hydrogen (secondary N) is 1. The summed E-state index contributed by atoms with van der Waals surface area (Å²) in [5.41, 5.74) is 1.06. The van der Waals surface area contributed by atoms with Crippen molar-refractivity contribution in [1.29, 1.82) is 0 Å². The predicted molar refractivity (Wildman–Crippen MR) is 151 cm³/mol. The van der Waals surface area contributed by atoms with Crippen molar-refractivity contribution in [2.75, 3.05) is 20.1 Å². The van der Waals surface area contributed by atoms with Crippen molar-refractivity contribution in [3.8, 4) is 5.69 Å². The highest BCUT2D eigenvalue weighted by atomic mass is 16.3. The molecule has 0 bridgehead atoms. The molecule has 2 aliphatic heterocycles. The number of aromatic amines is 1. The Balaban J connectivity index is 1.18. The monoisotopic (exact) mass is 539 g/mol. The van der Waals surface area contributed by atoms with Crippen molar-refractivity contribution in [2.24, 2.45) is 5.92 Å². The van der Waals surface area contributed by atoms with E-state index < -0.39 is 5.60 Å². The summed E-state index contributed by atoms with van der Waals surface area (Å²) < 4.78 is 1.87. The van der Waals surface area contributed by atoms with Gasteiger partial charge in [-0.1, -0.05) is 48.5 Å². The van der Waals surface area contributed by atoms with Crippen LogP contribution in [0.15, 0.2) is 77.7 Å². The fourth-order valence-electron chi connectivity index (χ4n) is 6.22. The maximum atomic E-state index is 13.7. The molecule has 6 rings (SSSR count). The minimum Gasteiger partial charge on any atom is -0.389 e. The molecule has 2 aromatic heterocycles. The van der Waals surface area contributed by atoms with E-state index >= 15 is 0 Å². The predicted octanol–water partition coefficient (Wildman–Crippen LogP) is 3.22. The topological polar surface area (TPSA) is 112 Å². The SMILES string of the molecule is CN1C(=O)CC[C@@H](C(=O)N2CCC(O)(Cc3nc4c(ccn4-c4ccccc4)c(=O)[nH]3)CC2)[C@@H]1c1ccccc1. The first-order valence-electron chi connectivity index (χ1n) is 13.8. The Morgan fingerprint density at radius 1 is 1.02 bits per heavy atom. The van der Waals surface area contributed by atoms with Gasteiger partial charge in [-0.25, -0.2) is 4.98 Å². The highest BCUT2D eigenvalue weighted by molar-refractivity contribution is 5.85. The summed E-state index contributed by atoms with van der Waals surface area (Å²) >= 11 is 0. The number of amides is 2. The van der Waals surface area contributed by atoms with Gasteiger partial charge in [0.05, 0.1) is 22.9 Å². The van der Waals surface area contributed by atoms with Gasteiger partial charge in [0.2, 0.25) is 11.8 Å². The van der Waals surface area contributed by atoms with Crippen molar-refractivity contribution in [3.63, 3.8) is 0 Å². The number of fused-ring (bicyclic) bond motifs is 1. The number of carbonyl (C=O) groups is 2. The number of likely N-dealkylation sites (tertiary alicyclic amines) is 2. The number of piperidine rings is 2. The zero-order chi connectivity index (χ0) is 27.9. The average Bonchev–Trinajstić information content (AvgIpc) is 3.40. The molecule has 0 aliphatic carbocycles. The van der Waals surface area contributed by atoms with Crippen molar-refractivity contribution >= 4 is 22.8 Å². The van der Waals surface area contributed by atoms with Crippen LogP contribution < -0.4 is 5.56 Å². The Morgan fingerprint density at radius 2 is 1.70 bits per heavy atom. The average molecular weight is 540 g/mol. The Hall–Kier alpha value is -4.24. The number of hydrogen-bond acceptors (Lipinski definition) is 5. The third kappa shape index (κ3) is 4.81. The summed E-state index contributed by atoms with van der Waals surface area (Å²) in [4.78, 5) is 50.2. The summed E-state index contributed by atoms with van der Waals surface area (Å²) in [6, 6.07) is 20.8. The quantitative estimate of drug-likeness (QED) is 0.405. The fraction of sp³-hybridized carbons (Fsp3) is 0.355. The molecule has 2 amide bonds. The van der Waals surface area contributed by atoms with Crippen molar-refractivity contribution in [3.05, 3.63) is 94.7 Å². The van der Waals surface area contributed by atoms with Gasteiger partial charge in [-0.3, -0.25) is 14.4 Å². The van der Waals surface area contributed by atoms with Gasteiger partial charge in [0.25, 0.3) is 5.56 Å². The third-order valence-corrected chi connectivity index (χ3v) is 8.46. The zero-order valence-electron chi connectivity index (χ0n) is 22.5. The van der Waals surface area contributed by atoms with Crippen molar-refractivity contribution in [1.82, 2.24) is 24.3 Å². The summed E-state index contributed by atoms with van der Waals surface area (Å²) in [7, 11) is 1.77. The molecular formula is C31H33N5O4. The van der Waals surface area contributed by atoms with Crippen molar-refractivity contribution in [2.45, 2.75) is 43.7 Å². The normalized spacial score (nSPS) is 21.1. The van der Waals surface area contributed by atoms with E-state index in [0.717, 1.165) is 11.3 Å². The summed E-state index contributed by atoms with van der Waals surface area (Å²) in [5, 5.41) is 12.0. The lowest BCUT2D eigenvalue weighted by Crippen LogP contribution is -2.52. The molecular weight excluding hydrogens is 506 g/mol. The second-order valence-electron chi connectivity index (χ2n) is 11.0. The molecule has 9 heteroatoms. The van der Waals surface area contributed by atoms with Crippen LogP contribution in [0.5, 0.6) is 0 Å². The van der Waals surface area contributed by atoms with Crippen LogP contribution in [-0.2, 0) is 16.0 Å². The lowest BCUT2D eigenvalue weighted by atomic mass is 9.82. The van der Waals surface area contributed by atoms with Crippen LogP contribution in [0, 0.1) is 5.92 Å². The van der Waals surface area contributed by atoms with Gasteiger partial charge in [0.15, 0.2) is 5.65 Å². The van der Waals surface area contributed by atoms with Crippen LogP contribution in [0.2, 0.25) is 0 Å². The van der Waals surface area contributed by atoms with E-state index in [4.69, 9.17) is 4.98 Å². The number of rotatable bonds is 5. The molecule has 0 saturated carbocycles. The Labute approximate surface area is 232 Å². The lowest BCUT2D eigenvalue weighted by Gasteiger charge is -2.43. The Kier molecular flexibility index (Phi) is 6.75. The summed E-state index contributed by atoms with van der Waals surface area (Å²) in [6.07, 6.45) is 3.61. The molecule has 206 valence electrons. The zero-order valence-corrected chi connectivity index (χ0v) is 22.5. The maximum absolute atomic E-state index is 13.7. The number of aliphatic hydroxyl groups is 1. The molecule has 2 aromatic carbocycles. The van der Waals surface area contributed by atoms with Gasteiger partial charge in [-0.15, -0.1) is 0 Å². The number of carbonyl (C=O) groups excluding carboxylic acids is 2. The molecule has 0 spiro atoms. The number of para-hydroxylation sites is 1. The molecule has 4 aromatic rings. The molecule has 4 heterocycles. The first-order valence-corrected chi connectivity index (χ1v) is 13.8. The minimum absolute atomic E-state index is 0.0175. The molecule has 0 unspecified atom stereocenters. The summed E-state index contributed by atoms with van der Waals surface area (Å²) in [5.74, 6) is 0.154. The molecule has 2 atom stereocenters. The Bertz CT molecular complexity index is 1590. The van der Waals surface area contributed by atoms with Gasteiger partial charge < -0.3 is 24.5 Å². The van der Waals surface area contributed by atoms with Crippen LogP contribution in [0.3, 0.4) is 0 Å². The van der Waals surface area contributed by atoms with Crippen LogP contribution in [0.4, 0.5) is 0 Å². The Morgan fingerprint density at radius 3 is 2.40 bits per heavy atom. The van der Waals surface area contributed by atoms with Gasteiger partial charge >= 0.3 is 0 Å². The van der Waals surface area contributed by atoms with E-state index in [0.29, 0.717) is 55.6 Å². The summed E-state index contributed by atoms with van der Waals surface area (Å²) in [6.45, 7) is 0.801. The highest BCUT2D eigenvalue weighted by Gasteiger charge is 2.43. The second kappa shape index (κ2) is 10.4. The van der Waals surface area contributed by atoms with E-state index in [2.05, 4.69) is 4.98 Å². The number of benzene rings is 2. The molecule has 2 N–H and O–H groups in total. The highest BCUT2D eigenvalue weighted by Crippen LogP contribution is 2.38. The number of aromatic nitrogens is 3. The molecule has 2 saturated heterocycles. The third-order valence-electron chi connectivity index (χ3n) is 8.46. The van der Waals surface area contributed by atoms with E-state index in [1.807, 2.05) is 76.3 Å². The minimum atomic E-state index is -1.09. The molecule has 2 fully saturated rings. The number of H-pyrrole nitrogens is 1. The molecule has 0 radical (unpaired) electrons. The smallest absolute Gasteiger partial charge is 0.260 e. The van der Waals surface area contributed by atoms with Gasteiger partial charge in [0.1, 0.15) is 5.82 Å². The van der Waals surface area contributed by atoms with Crippen LogP contribution in [0.25, 0.3) is 16.7 Å². The maximum Gasteiger partial charge on any atom is 0.260 e. The number of hydrogen-bond donors (Lipinski definition) is 2.